The van der Waals surface area contributed by atoms with E-state index >= 15 is 0 Å². The van der Waals surface area contributed by atoms with Crippen LogP contribution in [0.4, 0.5) is 0 Å². The second-order valence-electron chi connectivity index (χ2n) is 2.28. The fourth-order valence-electron chi connectivity index (χ4n) is 0.718. The van der Waals surface area contributed by atoms with Gasteiger partial charge in [-0.15, -0.1) is 0 Å². The van der Waals surface area contributed by atoms with Gasteiger partial charge in [0.25, 0.3) is 5.91 Å². The Bertz CT molecular complexity index is 404. The molecule has 0 atom stereocenters. The first-order valence-corrected chi connectivity index (χ1v) is 4.19. The molecule has 0 fully saturated rings. The maximum Gasteiger partial charge on any atom is 0.293 e. The van der Waals surface area contributed by atoms with Gasteiger partial charge in [-0.05, 0) is 40.0 Å². The van der Waals surface area contributed by atoms with Crippen molar-refractivity contribution >= 4 is 21.8 Å². The minimum Gasteiger partial charge on any atom is -0.507 e. The number of rotatable bonds is 0. The number of primary amides is 1. The molecule has 0 saturated carbocycles. The molecule has 0 aliphatic heterocycles. The number of halogens is 1. The van der Waals surface area contributed by atoms with Crippen LogP contribution in [0.15, 0.2) is 22.7 Å². The van der Waals surface area contributed by atoms with E-state index in [-0.39, 0.29) is 5.75 Å². The van der Waals surface area contributed by atoms with Gasteiger partial charge in [0.1, 0.15) is 5.75 Å². The first kappa shape index (κ1) is 9.62. The quantitative estimate of drug-likeness (QED) is 0.664. The summed E-state index contributed by atoms with van der Waals surface area (Å²) in [6.07, 6.45) is 0. The molecule has 0 heterocycles. The van der Waals surface area contributed by atoms with Gasteiger partial charge in [-0.3, -0.25) is 4.79 Å². The molecule has 4 heteroatoms. The summed E-state index contributed by atoms with van der Waals surface area (Å²) in [6, 6.07) is 4.68. The summed E-state index contributed by atoms with van der Waals surface area (Å²) in [6.45, 7) is 0. The summed E-state index contributed by atoms with van der Waals surface area (Å²) in [5, 5.41) is 9.13. The Morgan fingerprint density at radius 2 is 2.23 bits per heavy atom. The highest BCUT2D eigenvalue weighted by molar-refractivity contribution is 9.10. The Labute approximate surface area is 83.7 Å². The van der Waals surface area contributed by atoms with Crippen molar-refractivity contribution in [2.45, 2.75) is 0 Å². The fraction of sp³-hybridized carbons (Fsp3) is 0. The van der Waals surface area contributed by atoms with Crippen molar-refractivity contribution in [3.63, 3.8) is 0 Å². The van der Waals surface area contributed by atoms with E-state index in [9.17, 15) is 4.79 Å². The number of phenolic OH excluding ortho intramolecular Hbond substituents is 1. The molecule has 66 valence electrons. The topological polar surface area (TPSA) is 63.3 Å². The molecule has 3 N–H and O–H groups in total. The lowest BCUT2D eigenvalue weighted by atomic mass is 10.2. The van der Waals surface area contributed by atoms with Crippen LogP contribution in [0, 0.1) is 11.8 Å². The maximum absolute atomic E-state index is 10.3. The number of carbonyl (C=O) groups is 1. The molecule has 13 heavy (non-hydrogen) atoms. The highest BCUT2D eigenvalue weighted by atomic mass is 79.9. The zero-order chi connectivity index (χ0) is 9.84. The number of nitrogens with two attached hydrogens (primary N) is 1. The van der Waals surface area contributed by atoms with Gasteiger partial charge in [-0.2, -0.15) is 0 Å². The van der Waals surface area contributed by atoms with Crippen LogP contribution < -0.4 is 5.73 Å². The normalized spacial score (nSPS) is 8.69. The average molecular weight is 240 g/mol. The van der Waals surface area contributed by atoms with Gasteiger partial charge in [-0.25, -0.2) is 0 Å². The molecular formula is C9H6BrNO2. The molecule has 0 saturated heterocycles. The zero-order valence-corrected chi connectivity index (χ0v) is 8.13. The molecule has 1 aromatic carbocycles. The van der Waals surface area contributed by atoms with E-state index in [0.29, 0.717) is 10.0 Å². The van der Waals surface area contributed by atoms with Gasteiger partial charge in [0.15, 0.2) is 0 Å². The van der Waals surface area contributed by atoms with Crippen LogP contribution in [-0.2, 0) is 4.79 Å². The summed E-state index contributed by atoms with van der Waals surface area (Å²) in [5.41, 5.74) is 5.45. The summed E-state index contributed by atoms with van der Waals surface area (Å²) in [5.74, 6) is 4.19. The zero-order valence-electron chi connectivity index (χ0n) is 6.54. The van der Waals surface area contributed by atoms with Crippen LogP contribution in [0.3, 0.4) is 0 Å². The third kappa shape index (κ3) is 2.80. The Morgan fingerprint density at radius 3 is 2.77 bits per heavy atom. The van der Waals surface area contributed by atoms with Crippen molar-refractivity contribution in [2.75, 3.05) is 0 Å². The van der Waals surface area contributed by atoms with Crippen LogP contribution in [-0.4, -0.2) is 11.0 Å². The van der Waals surface area contributed by atoms with Gasteiger partial charge in [0.05, 0.1) is 4.47 Å². The molecule has 1 rings (SSSR count). The molecule has 0 radical (unpaired) electrons. The van der Waals surface area contributed by atoms with Crippen LogP contribution in [0.5, 0.6) is 5.75 Å². The molecule has 3 nitrogen and oxygen atoms in total. The van der Waals surface area contributed by atoms with Crippen molar-refractivity contribution in [2.24, 2.45) is 5.73 Å². The minimum absolute atomic E-state index is 0.129. The number of benzene rings is 1. The second kappa shape index (κ2) is 3.97. The average Bonchev–Trinajstić information content (AvgIpc) is 2.07. The molecule has 0 aliphatic rings. The van der Waals surface area contributed by atoms with Crippen molar-refractivity contribution in [1.82, 2.24) is 0 Å². The number of phenols is 1. The third-order valence-electron chi connectivity index (χ3n) is 1.28. The fourth-order valence-corrected chi connectivity index (χ4v) is 1.10. The highest BCUT2D eigenvalue weighted by Gasteiger charge is 1.96. The predicted molar refractivity (Wildman–Crippen MR) is 51.9 cm³/mol. The smallest absolute Gasteiger partial charge is 0.293 e. The standard InChI is InChI=1S/C9H6BrNO2/c10-7-5-6(1-3-8(7)12)2-4-9(11)13/h1,3,5,12H,(H2,11,13). The van der Waals surface area contributed by atoms with Gasteiger partial charge < -0.3 is 10.8 Å². The molecule has 0 aliphatic carbocycles. The predicted octanol–water partition coefficient (Wildman–Crippen LogP) is 0.992. The van der Waals surface area contributed by atoms with E-state index in [4.69, 9.17) is 10.8 Å². The van der Waals surface area contributed by atoms with Gasteiger partial charge >= 0.3 is 0 Å². The molecular weight excluding hydrogens is 234 g/mol. The molecule has 0 aromatic heterocycles. The number of hydrogen-bond donors (Lipinski definition) is 2. The monoisotopic (exact) mass is 239 g/mol. The largest absolute Gasteiger partial charge is 0.507 e. The van der Waals surface area contributed by atoms with Gasteiger partial charge in [0, 0.05) is 5.56 Å². The van der Waals surface area contributed by atoms with Crippen LogP contribution in [0.25, 0.3) is 0 Å². The Balaban J connectivity index is 3.00. The first-order chi connectivity index (χ1) is 6.09. The van der Waals surface area contributed by atoms with E-state index in [1.165, 1.54) is 6.07 Å². The molecule has 1 aromatic rings. The van der Waals surface area contributed by atoms with Crippen LogP contribution >= 0.6 is 15.9 Å². The first-order valence-electron chi connectivity index (χ1n) is 3.39. The molecule has 0 spiro atoms. The van der Waals surface area contributed by atoms with E-state index in [1.807, 2.05) is 0 Å². The van der Waals surface area contributed by atoms with Crippen molar-refractivity contribution in [3.05, 3.63) is 28.2 Å². The highest BCUT2D eigenvalue weighted by Crippen LogP contribution is 2.23. The maximum atomic E-state index is 10.3. The summed E-state index contributed by atoms with van der Waals surface area (Å²) in [4.78, 5) is 10.3. The van der Waals surface area contributed by atoms with Gasteiger partial charge in [0.2, 0.25) is 0 Å². The summed E-state index contributed by atoms with van der Waals surface area (Å²) >= 11 is 3.12. The van der Waals surface area contributed by atoms with E-state index in [2.05, 4.69) is 27.8 Å². The summed E-state index contributed by atoms with van der Waals surface area (Å²) < 4.78 is 0.531. The van der Waals surface area contributed by atoms with Crippen molar-refractivity contribution in [3.8, 4) is 17.6 Å². The third-order valence-corrected chi connectivity index (χ3v) is 1.91. The Kier molecular flexibility index (Phi) is 2.93. The molecule has 1 amide bonds. The second-order valence-corrected chi connectivity index (χ2v) is 3.13. The van der Waals surface area contributed by atoms with Crippen LogP contribution in [0.2, 0.25) is 0 Å². The van der Waals surface area contributed by atoms with E-state index in [0.717, 1.165) is 0 Å². The number of hydrogen-bond acceptors (Lipinski definition) is 2. The van der Waals surface area contributed by atoms with E-state index < -0.39 is 5.91 Å². The number of aromatic hydroxyl groups is 1. The molecule has 0 bridgehead atoms. The lowest BCUT2D eigenvalue weighted by Gasteiger charge is -1.95. The van der Waals surface area contributed by atoms with Crippen LogP contribution in [0.1, 0.15) is 5.56 Å². The lowest BCUT2D eigenvalue weighted by Crippen LogP contribution is -2.06. The molecule has 0 unspecified atom stereocenters. The summed E-state index contributed by atoms with van der Waals surface area (Å²) in [7, 11) is 0. The number of carbonyl (C=O) groups excluding carboxylic acids is 1. The lowest BCUT2D eigenvalue weighted by molar-refractivity contribution is -0.112. The Morgan fingerprint density at radius 1 is 1.54 bits per heavy atom. The number of amides is 1. The SMILES string of the molecule is NC(=O)C#Cc1ccc(O)c(Br)c1. The van der Waals surface area contributed by atoms with E-state index in [1.54, 1.807) is 12.1 Å². The van der Waals surface area contributed by atoms with Gasteiger partial charge in [-0.1, -0.05) is 5.92 Å². The van der Waals surface area contributed by atoms with Crippen molar-refractivity contribution in [1.29, 1.82) is 0 Å². The van der Waals surface area contributed by atoms with Crippen molar-refractivity contribution < 1.29 is 9.90 Å². The Hall–Kier alpha value is -1.47. The minimum atomic E-state index is -0.677.